The van der Waals surface area contributed by atoms with Gasteiger partial charge in [0.1, 0.15) is 18.2 Å². The van der Waals surface area contributed by atoms with Crippen LogP contribution in [0.4, 0.5) is 4.39 Å². The van der Waals surface area contributed by atoms with Crippen LogP contribution in [0.5, 0.6) is 5.75 Å². The fraction of sp³-hybridized carbons (Fsp3) is 0.571. The van der Waals surface area contributed by atoms with E-state index in [0.29, 0.717) is 28.7 Å². The van der Waals surface area contributed by atoms with Crippen LogP contribution in [0.3, 0.4) is 0 Å². The number of likely N-dealkylation sites (tertiary alicyclic amines) is 1. The zero-order valence-electron chi connectivity index (χ0n) is 10.6. The van der Waals surface area contributed by atoms with Gasteiger partial charge in [-0.2, -0.15) is 0 Å². The smallest absolute Gasteiger partial charge is 0.141 e. The third-order valence-electron chi connectivity index (χ3n) is 3.88. The highest BCUT2D eigenvalue weighted by molar-refractivity contribution is 9.10. The van der Waals surface area contributed by atoms with Gasteiger partial charge in [0.2, 0.25) is 0 Å². The number of fused-ring (bicyclic) bond motifs is 1. The topological polar surface area (TPSA) is 21.7 Å². The van der Waals surface area contributed by atoms with Gasteiger partial charge < -0.3 is 9.47 Å². The molecule has 1 aromatic carbocycles. The molecule has 19 heavy (non-hydrogen) atoms. The summed E-state index contributed by atoms with van der Waals surface area (Å²) < 4.78 is 24.8. The highest BCUT2D eigenvalue weighted by atomic mass is 79.9. The van der Waals surface area contributed by atoms with Gasteiger partial charge in [0.15, 0.2) is 0 Å². The zero-order valence-corrected chi connectivity index (χ0v) is 12.2. The fourth-order valence-electron chi connectivity index (χ4n) is 2.83. The van der Waals surface area contributed by atoms with Gasteiger partial charge in [-0.05, 0) is 28.1 Å². The Balaban J connectivity index is 1.44. The van der Waals surface area contributed by atoms with E-state index in [-0.39, 0.29) is 5.82 Å². The molecule has 2 aliphatic rings. The van der Waals surface area contributed by atoms with Crippen molar-refractivity contribution >= 4 is 15.9 Å². The lowest BCUT2D eigenvalue weighted by Gasteiger charge is -2.17. The van der Waals surface area contributed by atoms with Gasteiger partial charge in [0.25, 0.3) is 0 Å². The van der Waals surface area contributed by atoms with E-state index >= 15 is 0 Å². The molecule has 1 aromatic rings. The van der Waals surface area contributed by atoms with Gasteiger partial charge >= 0.3 is 0 Å². The summed E-state index contributed by atoms with van der Waals surface area (Å²) in [6.45, 7) is 5.50. The summed E-state index contributed by atoms with van der Waals surface area (Å²) in [6, 6.07) is 4.86. The molecule has 2 aliphatic heterocycles. The summed E-state index contributed by atoms with van der Waals surface area (Å²) in [5.41, 5.74) is 0. The molecule has 2 heterocycles. The number of benzene rings is 1. The number of hydrogen-bond acceptors (Lipinski definition) is 3. The summed E-state index contributed by atoms with van der Waals surface area (Å²) in [4.78, 5) is 2.41. The quantitative estimate of drug-likeness (QED) is 0.847. The minimum atomic E-state index is -0.287. The predicted molar refractivity (Wildman–Crippen MR) is 73.8 cm³/mol. The van der Waals surface area contributed by atoms with Crippen LogP contribution in [0.25, 0.3) is 0 Å². The summed E-state index contributed by atoms with van der Waals surface area (Å²) in [5, 5.41) is 0. The second kappa shape index (κ2) is 5.77. The van der Waals surface area contributed by atoms with Gasteiger partial charge in [-0.15, -0.1) is 0 Å². The van der Waals surface area contributed by atoms with Crippen molar-refractivity contribution in [3.05, 3.63) is 28.5 Å². The van der Waals surface area contributed by atoms with Gasteiger partial charge in [0.05, 0.1) is 17.7 Å². The maximum Gasteiger partial charge on any atom is 0.141 e. The molecule has 0 spiro atoms. The second-order valence-electron chi connectivity index (χ2n) is 5.24. The average Bonchev–Trinajstić information content (AvgIpc) is 2.94. The average molecular weight is 330 g/mol. The van der Waals surface area contributed by atoms with E-state index in [0.717, 1.165) is 32.8 Å². The first kappa shape index (κ1) is 13.3. The summed E-state index contributed by atoms with van der Waals surface area (Å²) in [6.07, 6.45) is 0. The highest BCUT2D eigenvalue weighted by Crippen LogP contribution is 2.28. The largest absolute Gasteiger partial charge is 0.492 e. The molecule has 0 aromatic heterocycles. The van der Waals surface area contributed by atoms with Gasteiger partial charge in [-0.3, -0.25) is 4.90 Å². The molecular weight excluding hydrogens is 313 g/mol. The Hall–Kier alpha value is -0.650. The van der Waals surface area contributed by atoms with E-state index < -0.39 is 0 Å². The Morgan fingerprint density at radius 3 is 2.74 bits per heavy atom. The standard InChI is InChI=1S/C14H17BrFNO2/c15-13-2-1-12(5-14(13)16)19-4-3-17-6-10-8-18-9-11(10)7-17/h1-2,5,10-11H,3-4,6-9H2/t10-,11?/m0/s1. The fourth-order valence-corrected chi connectivity index (χ4v) is 3.07. The van der Waals surface area contributed by atoms with Crippen molar-refractivity contribution in [1.29, 1.82) is 0 Å². The molecule has 104 valence electrons. The normalized spacial score (nSPS) is 26.6. The summed E-state index contributed by atoms with van der Waals surface area (Å²) in [7, 11) is 0. The van der Waals surface area contributed by atoms with Crippen LogP contribution in [0, 0.1) is 17.7 Å². The maximum absolute atomic E-state index is 13.3. The highest BCUT2D eigenvalue weighted by Gasteiger charge is 2.36. The third kappa shape index (κ3) is 3.09. The van der Waals surface area contributed by atoms with E-state index in [1.165, 1.54) is 6.07 Å². The van der Waals surface area contributed by atoms with Crippen LogP contribution >= 0.6 is 15.9 Å². The molecule has 2 saturated heterocycles. The van der Waals surface area contributed by atoms with Crippen LogP contribution in [-0.2, 0) is 4.74 Å². The first-order valence-electron chi connectivity index (χ1n) is 6.60. The molecule has 3 nitrogen and oxygen atoms in total. The molecule has 0 bridgehead atoms. The Labute approximate surface area is 120 Å². The maximum atomic E-state index is 13.3. The molecule has 0 aliphatic carbocycles. The zero-order chi connectivity index (χ0) is 13.2. The Bertz CT molecular complexity index is 445. The second-order valence-corrected chi connectivity index (χ2v) is 6.10. The molecule has 0 radical (unpaired) electrons. The van der Waals surface area contributed by atoms with Crippen LogP contribution in [0.15, 0.2) is 22.7 Å². The van der Waals surface area contributed by atoms with Crippen LogP contribution in [-0.4, -0.2) is 44.4 Å². The van der Waals surface area contributed by atoms with Gasteiger partial charge in [0, 0.05) is 37.5 Å². The van der Waals surface area contributed by atoms with Crippen molar-refractivity contribution in [2.45, 2.75) is 0 Å². The SMILES string of the molecule is Fc1cc(OCCN2CC3COC[C@@H]3C2)ccc1Br. The lowest BCUT2D eigenvalue weighted by atomic mass is 10.0. The Morgan fingerprint density at radius 2 is 2.05 bits per heavy atom. The first-order valence-corrected chi connectivity index (χ1v) is 7.39. The van der Waals surface area contributed by atoms with E-state index in [1.807, 2.05) is 0 Å². The van der Waals surface area contributed by atoms with E-state index in [9.17, 15) is 4.39 Å². The molecular formula is C14H17BrFNO2. The molecule has 3 rings (SSSR count). The molecule has 5 heteroatoms. The summed E-state index contributed by atoms with van der Waals surface area (Å²) >= 11 is 3.13. The van der Waals surface area contributed by atoms with Crippen molar-refractivity contribution in [2.24, 2.45) is 11.8 Å². The van der Waals surface area contributed by atoms with E-state index in [4.69, 9.17) is 9.47 Å². The number of rotatable bonds is 4. The van der Waals surface area contributed by atoms with Crippen LogP contribution in [0.1, 0.15) is 0 Å². The predicted octanol–water partition coefficient (Wildman–Crippen LogP) is 2.55. The number of nitrogens with zero attached hydrogens (tertiary/aromatic N) is 1. The van der Waals surface area contributed by atoms with E-state index in [2.05, 4.69) is 20.8 Å². The molecule has 1 unspecified atom stereocenters. The van der Waals surface area contributed by atoms with Crippen molar-refractivity contribution < 1.29 is 13.9 Å². The minimum absolute atomic E-state index is 0.287. The monoisotopic (exact) mass is 329 g/mol. The van der Waals surface area contributed by atoms with Crippen molar-refractivity contribution in [1.82, 2.24) is 4.90 Å². The molecule has 2 fully saturated rings. The lowest BCUT2D eigenvalue weighted by Crippen LogP contribution is -2.27. The molecule has 2 atom stereocenters. The first-order chi connectivity index (χ1) is 9.22. The molecule has 0 saturated carbocycles. The number of ether oxygens (including phenoxy) is 2. The van der Waals surface area contributed by atoms with Gasteiger partial charge in [-0.25, -0.2) is 4.39 Å². The number of halogens is 2. The molecule has 0 N–H and O–H groups in total. The van der Waals surface area contributed by atoms with E-state index in [1.54, 1.807) is 12.1 Å². The van der Waals surface area contributed by atoms with Crippen LogP contribution in [0.2, 0.25) is 0 Å². The number of hydrogen-bond donors (Lipinski definition) is 0. The Morgan fingerprint density at radius 1 is 1.32 bits per heavy atom. The Kier molecular flexibility index (Phi) is 4.05. The van der Waals surface area contributed by atoms with Crippen molar-refractivity contribution in [2.75, 3.05) is 39.5 Å². The van der Waals surface area contributed by atoms with Crippen LogP contribution < -0.4 is 4.74 Å². The summed E-state index contributed by atoms with van der Waals surface area (Å²) in [5.74, 6) is 1.70. The molecule has 0 amide bonds. The van der Waals surface area contributed by atoms with Crippen molar-refractivity contribution in [3.63, 3.8) is 0 Å². The third-order valence-corrected chi connectivity index (χ3v) is 4.53. The minimum Gasteiger partial charge on any atom is -0.492 e. The van der Waals surface area contributed by atoms with Gasteiger partial charge in [-0.1, -0.05) is 0 Å². The lowest BCUT2D eigenvalue weighted by molar-refractivity contribution is 0.147. The van der Waals surface area contributed by atoms with Crippen molar-refractivity contribution in [3.8, 4) is 5.75 Å².